The fourth-order valence-corrected chi connectivity index (χ4v) is 1.68. The quantitative estimate of drug-likeness (QED) is 0.856. The highest BCUT2D eigenvalue weighted by Gasteiger charge is 2.08. The van der Waals surface area contributed by atoms with E-state index < -0.39 is 5.91 Å². The van der Waals surface area contributed by atoms with E-state index in [2.05, 4.69) is 5.32 Å². The van der Waals surface area contributed by atoms with Crippen molar-refractivity contribution < 1.29 is 14.3 Å². The number of nitrogens with one attached hydrogen (secondary N) is 1. The van der Waals surface area contributed by atoms with E-state index in [0.29, 0.717) is 17.1 Å². The van der Waals surface area contributed by atoms with Crippen molar-refractivity contribution in [3.05, 3.63) is 48.3 Å². The van der Waals surface area contributed by atoms with Crippen molar-refractivity contribution >= 4 is 17.5 Å². The molecule has 0 aliphatic heterocycles. The minimum Gasteiger partial charge on any atom is -0.484 e. The summed E-state index contributed by atoms with van der Waals surface area (Å²) in [6.07, 6.45) is 1.80. The molecule has 1 heterocycles. The van der Waals surface area contributed by atoms with Crippen molar-refractivity contribution in [2.24, 2.45) is 12.8 Å². The lowest BCUT2D eigenvalue weighted by atomic mass is 10.3. The van der Waals surface area contributed by atoms with Crippen molar-refractivity contribution in [3.8, 4) is 5.75 Å². The Bertz CT molecular complexity index is 617. The van der Waals surface area contributed by atoms with Gasteiger partial charge in [-0.1, -0.05) is 0 Å². The Kier molecular flexibility index (Phi) is 4.05. The molecule has 2 aromatic rings. The summed E-state index contributed by atoms with van der Waals surface area (Å²) in [4.78, 5) is 22.6. The van der Waals surface area contributed by atoms with Gasteiger partial charge in [-0.2, -0.15) is 0 Å². The number of hydrogen-bond acceptors (Lipinski definition) is 3. The standard InChI is InChI=1S/C14H15N3O3/c1-17-8-2-3-12(17)14(19)16-10-4-6-11(7-5-10)20-9-13(15)18/h2-8H,9H2,1H3,(H2,15,18)(H,16,19). The third-order valence-electron chi connectivity index (χ3n) is 2.67. The molecule has 3 N–H and O–H groups in total. The van der Waals surface area contributed by atoms with E-state index in [-0.39, 0.29) is 12.5 Å². The van der Waals surface area contributed by atoms with Gasteiger partial charge in [0.2, 0.25) is 0 Å². The van der Waals surface area contributed by atoms with Crippen LogP contribution in [-0.2, 0) is 11.8 Å². The van der Waals surface area contributed by atoms with Crippen LogP contribution in [0.15, 0.2) is 42.6 Å². The minimum atomic E-state index is -0.536. The van der Waals surface area contributed by atoms with Gasteiger partial charge < -0.3 is 20.4 Å². The van der Waals surface area contributed by atoms with Crippen LogP contribution in [-0.4, -0.2) is 23.0 Å². The number of benzene rings is 1. The summed E-state index contributed by atoms with van der Waals surface area (Å²) < 4.78 is 6.86. The van der Waals surface area contributed by atoms with Crippen LogP contribution in [0, 0.1) is 0 Å². The van der Waals surface area contributed by atoms with Gasteiger partial charge in [0.1, 0.15) is 11.4 Å². The molecule has 2 amide bonds. The Morgan fingerprint density at radius 3 is 2.50 bits per heavy atom. The summed E-state index contributed by atoms with van der Waals surface area (Å²) in [5, 5.41) is 2.77. The average molecular weight is 273 g/mol. The number of nitrogens with zero attached hydrogens (tertiary/aromatic N) is 1. The van der Waals surface area contributed by atoms with Crippen LogP contribution >= 0.6 is 0 Å². The molecular formula is C14H15N3O3. The Labute approximate surface area is 116 Å². The molecule has 0 fully saturated rings. The number of rotatable bonds is 5. The molecule has 0 saturated heterocycles. The fourth-order valence-electron chi connectivity index (χ4n) is 1.68. The van der Waals surface area contributed by atoms with Crippen LogP contribution in [0.5, 0.6) is 5.75 Å². The highest BCUT2D eigenvalue weighted by Crippen LogP contribution is 2.16. The van der Waals surface area contributed by atoms with Crippen LogP contribution in [0.2, 0.25) is 0 Å². The number of anilines is 1. The predicted octanol–water partition coefficient (Wildman–Crippen LogP) is 1.14. The first-order chi connectivity index (χ1) is 9.56. The molecule has 0 unspecified atom stereocenters. The Hall–Kier alpha value is -2.76. The van der Waals surface area contributed by atoms with Gasteiger partial charge in [0, 0.05) is 18.9 Å². The van der Waals surface area contributed by atoms with Crippen molar-refractivity contribution in [2.45, 2.75) is 0 Å². The zero-order chi connectivity index (χ0) is 14.5. The third-order valence-corrected chi connectivity index (χ3v) is 2.67. The normalized spacial score (nSPS) is 10.1. The molecule has 6 nitrogen and oxygen atoms in total. The smallest absolute Gasteiger partial charge is 0.272 e. The van der Waals surface area contributed by atoms with Crippen molar-refractivity contribution in [3.63, 3.8) is 0 Å². The topological polar surface area (TPSA) is 86.3 Å². The van der Waals surface area contributed by atoms with E-state index in [0.717, 1.165) is 0 Å². The second kappa shape index (κ2) is 5.92. The van der Waals surface area contributed by atoms with Gasteiger partial charge in [-0.15, -0.1) is 0 Å². The second-order valence-electron chi connectivity index (χ2n) is 4.24. The van der Waals surface area contributed by atoms with Crippen molar-refractivity contribution in [1.82, 2.24) is 4.57 Å². The van der Waals surface area contributed by atoms with E-state index in [9.17, 15) is 9.59 Å². The minimum absolute atomic E-state index is 0.172. The van der Waals surface area contributed by atoms with E-state index in [1.807, 2.05) is 0 Å². The SMILES string of the molecule is Cn1cccc1C(=O)Nc1ccc(OCC(N)=O)cc1. The predicted molar refractivity (Wildman–Crippen MR) is 74.5 cm³/mol. The molecule has 0 radical (unpaired) electrons. The highest BCUT2D eigenvalue weighted by molar-refractivity contribution is 6.03. The van der Waals surface area contributed by atoms with Crippen LogP contribution in [0.25, 0.3) is 0 Å². The second-order valence-corrected chi connectivity index (χ2v) is 4.24. The maximum absolute atomic E-state index is 12.0. The van der Waals surface area contributed by atoms with Crippen LogP contribution in [0.3, 0.4) is 0 Å². The molecule has 2 rings (SSSR count). The summed E-state index contributed by atoms with van der Waals surface area (Å²) in [6, 6.07) is 10.2. The van der Waals surface area contributed by atoms with E-state index >= 15 is 0 Å². The molecule has 0 saturated carbocycles. The van der Waals surface area contributed by atoms with Gasteiger partial charge in [0.15, 0.2) is 6.61 Å². The number of ether oxygens (including phenoxy) is 1. The largest absolute Gasteiger partial charge is 0.484 e. The van der Waals surface area contributed by atoms with Crippen LogP contribution in [0.1, 0.15) is 10.5 Å². The molecule has 0 bridgehead atoms. The van der Waals surface area contributed by atoms with Crippen molar-refractivity contribution in [2.75, 3.05) is 11.9 Å². The maximum atomic E-state index is 12.0. The zero-order valence-corrected chi connectivity index (χ0v) is 11.0. The number of carbonyl (C=O) groups is 2. The molecule has 6 heteroatoms. The Morgan fingerprint density at radius 1 is 1.25 bits per heavy atom. The lowest BCUT2D eigenvalue weighted by Gasteiger charge is -2.08. The molecule has 0 aliphatic rings. The number of nitrogens with two attached hydrogens (primary N) is 1. The van der Waals surface area contributed by atoms with Crippen molar-refractivity contribution in [1.29, 1.82) is 0 Å². The van der Waals surface area contributed by atoms with Gasteiger partial charge >= 0.3 is 0 Å². The maximum Gasteiger partial charge on any atom is 0.272 e. The van der Waals surface area contributed by atoms with Crippen LogP contribution in [0.4, 0.5) is 5.69 Å². The molecule has 1 aromatic heterocycles. The molecule has 0 atom stereocenters. The van der Waals surface area contributed by atoms with E-state index in [4.69, 9.17) is 10.5 Å². The summed E-state index contributed by atoms with van der Waals surface area (Å²) >= 11 is 0. The molecule has 0 spiro atoms. The molecule has 0 aliphatic carbocycles. The Balaban J connectivity index is 1.99. The molecule has 104 valence electrons. The summed E-state index contributed by atoms with van der Waals surface area (Å²) in [7, 11) is 1.80. The number of primary amides is 1. The molecule has 1 aromatic carbocycles. The first-order valence-corrected chi connectivity index (χ1v) is 6.00. The monoisotopic (exact) mass is 273 g/mol. The Morgan fingerprint density at radius 2 is 1.95 bits per heavy atom. The van der Waals surface area contributed by atoms with E-state index in [1.54, 1.807) is 54.2 Å². The zero-order valence-electron chi connectivity index (χ0n) is 11.0. The van der Waals surface area contributed by atoms with Gasteiger partial charge in [0.05, 0.1) is 0 Å². The number of hydrogen-bond donors (Lipinski definition) is 2. The summed E-state index contributed by atoms with van der Waals surface area (Å²) in [6.45, 7) is -0.172. The first kappa shape index (κ1) is 13.7. The molecule has 20 heavy (non-hydrogen) atoms. The van der Waals surface area contributed by atoms with Gasteiger partial charge in [-0.05, 0) is 36.4 Å². The van der Waals surface area contributed by atoms with Gasteiger partial charge in [-0.3, -0.25) is 9.59 Å². The third kappa shape index (κ3) is 3.38. The number of aryl methyl sites for hydroxylation is 1. The first-order valence-electron chi connectivity index (χ1n) is 6.00. The lowest BCUT2D eigenvalue weighted by molar-refractivity contribution is -0.119. The number of amides is 2. The van der Waals surface area contributed by atoms with Gasteiger partial charge in [-0.25, -0.2) is 0 Å². The average Bonchev–Trinajstić information content (AvgIpc) is 2.84. The fraction of sp³-hybridized carbons (Fsp3) is 0.143. The molecular weight excluding hydrogens is 258 g/mol. The highest BCUT2D eigenvalue weighted by atomic mass is 16.5. The van der Waals surface area contributed by atoms with Gasteiger partial charge in [0.25, 0.3) is 11.8 Å². The number of aromatic nitrogens is 1. The summed E-state index contributed by atoms with van der Waals surface area (Å²) in [5.74, 6) is -0.213. The number of carbonyl (C=O) groups excluding carboxylic acids is 2. The van der Waals surface area contributed by atoms with E-state index in [1.165, 1.54) is 0 Å². The summed E-state index contributed by atoms with van der Waals surface area (Å²) in [5.41, 5.74) is 6.19. The lowest BCUT2D eigenvalue weighted by Crippen LogP contribution is -2.20. The van der Waals surface area contributed by atoms with Crippen LogP contribution < -0.4 is 15.8 Å².